The molecule has 3 heteroatoms. The molecule has 120 valence electrons. The van der Waals surface area contributed by atoms with Crippen molar-refractivity contribution in [3.05, 3.63) is 71.8 Å². The number of hydrogen-bond acceptors (Lipinski definition) is 3. The summed E-state index contributed by atoms with van der Waals surface area (Å²) in [5.41, 5.74) is 1.83. The molecule has 1 fully saturated rings. The fourth-order valence-electron chi connectivity index (χ4n) is 3.12. The summed E-state index contributed by atoms with van der Waals surface area (Å²) in [5, 5.41) is 10.1. The zero-order chi connectivity index (χ0) is 16.1. The average Bonchev–Trinajstić information content (AvgIpc) is 2.61. The van der Waals surface area contributed by atoms with Gasteiger partial charge in [-0.15, -0.1) is 0 Å². The fraction of sp³-hybridized carbons (Fsp3) is 0.350. The first-order valence-electron chi connectivity index (χ1n) is 8.19. The molecule has 0 spiro atoms. The maximum Gasteiger partial charge on any atom is 0.162 e. The summed E-state index contributed by atoms with van der Waals surface area (Å²) in [4.78, 5) is 12.2. The van der Waals surface area contributed by atoms with E-state index in [1.165, 1.54) is 0 Å². The number of aliphatic hydroxyl groups is 1. The molecule has 1 heterocycles. The topological polar surface area (TPSA) is 46.5 Å². The minimum atomic E-state index is -0.370. The number of ketones is 1. The molecule has 0 amide bonds. The van der Waals surface area contributed by atoms with Crippen molar-refractivity contribution in [1.82, 2.24) is 0 Å². The third kappa shape index (κ3) is 4.27. The predicted octanol–water partition coefficient (Wildman–Crippen LogP) is 3.93. The second kappa shape index (κ2) is 7.53. The van der Waals surface area contributed by atoms with Gasteiger partial charge in [-0.05, 0) is 18.4 Å². The van der Waals surface area contributed by atoms with Gasteiger partial charge in [0.1, 0.15) is 0 Å². The zero-order valence-electron chi connectivity index (χ0n) is 13.1. The van der Waals surface area contributed by atoms with E-state index in [-0.39, 0.29) is 24.1 Å². The van der Waals surface area contributed by atoms with Crippen LogP contribution in [0.25, 0.3) is 0 Å². The molecule has 2 aromatic rings. The summed E-state index contributed by atoms with van der Waals surface area (Å²) in [7, 11) is 0. The molecule has 1 aliphatic rings. The van der Waals surface area contributed by atoms with Gasteiger partial charge >= 0.3 is 0 Å². The first-order valence-corrected chi connectivity index (χ1v) is 8.19. The minimum absolute atomic E-state index is 0.0726. The van der Waals surface area contributed by atoms with Gasteiger partial charge in [0, 0.05) is 18.4 Å². The Morgan fingerprint density at radius 2 is 1.65 bits per heavy atom. The van der Waals surface area contributed by atoms with E-state index < -0.39 is 0 Å². The van der Waals surface area contributed by atoms with Crippen LogP contribution in [0, 0.1) is 0 Å². The second-order valence-electron chi connectivity index (χ2n) is 6.11. The number of carbonyl (C=O) groups excluding carboxylic acids is 1. The van der Waals surface area contributed by atoms with Gasteiger partial charge in [0.25, 0.3) is 0 Å². The summed E-state index contributed by atoms with van der Waals surface area (Å²) in [6.45, 7) is 0. The van der Waals surface area contributed by atoms with E-state index in [1.54, 1.807) is 0 Å². The third-order valence-corrected chi connectivity index (χ3v) is 4.34. The van der Waals surface area contributed by atoms with Gasteiger partial charge in [-0.3, -0.25) is 4.79 Å². The molecular formula is C20H22O3. The SMILES string of the molecule is O=C(CC[C@H]1C[C@H](O)C[C@@H](c2ccccc2)O1)c1ccccc1. The number of rotatable bonds is 5. The van der Waals surface area contributed by atoms with Crippen LogP contribution in [0.3, 0.4) is 0 Å². The Balaban J connectivity index is 1.58. The number of benzene rings is 2. The normalized spacial score (nSPS) is 24.3. The first kappa shape index (κ1) is 15.9. The molecule has 1 aliphatic heterocycles. The summed E-state index contributed by atoms with van der Waals surface area (Å²) in [6.07, 6.45) is 1.79. The molecule has 0 unspecified atom stereocenters. The van der Waals surface area contributed by atoms with Gasteiger partial charge < -0.3 is 9.84 Å². The van der Waals surface area contributed by atoms with Gasteiger partial charge in [0.05, 0.1) is 18.3 Å². The predicted molar refractivity (Wildman–Crippen MR) is 89.3 cm³/mol. The molecular weight excluding hydrogens is 288 g/mol. The number of ether oxygens (including phenoxy) is 1. The zero-order valence-corrected chi connectivity index (χ0v) is 13.1. The third-order valence-electron chi connectivity index (χ3n) is 4.34. The van der Waals surface area contributed by atoms with Crippen molar-refractivity contribution in [2.45, 2.75) is 44.0 Å². The van der Waals surface area contributed by atoms with Gasteiger partial charge in [-0.2, -0.15) is 0 Å². The quantitative estimate of drug-likeness (QED) is 0.851. The molecule has 3 rings (SSSR count). The number of hydrogen-bond donors (Lipinski definition) is 1. The highest BCUT2D eigenvalue weighted by Gasteiger charge is 2.29. The lowest BCUT2D eigenvalue weighted by Gasteiger charge is -2.33. The smallest absolute Gasteiger partial charge is 0.162 e. The van der Waals surface area contributed by atoms with E-state index in [1.807, 2.05) is 60.7 Å². The molecule has 1 saturated heterocycles. The molecule has 2 aromatic carbocycles. The van der Waals surface area contributed by atoms with Crippen LogP contribution in [-0.2, 0) is 4.74 Å². The highest BCUT2D eigenvalue weighted by Crippen LogP contribution is 2.33. The number of aliphatic hydroxyl groups excluding tert-OH is 1. The molecule has 0 saturated carbocycles. The van der Waals surface area contributed by atoms with Crippen LogP contribution in [0.15, 0.2) is 60.7 Å². The first-order chi connectivity index (χ1) is 11.2. The maximum atomic E-state index is 12.2. The van der Waals surface area contributed by atoms with E-state index in [9.17, 15) is 9.90 Å². The van der Waals surface area contributed by atoms with Crippen molar-refractivity contribution in [2.24, 2.45) is 0 Å². The lowest BCUT2D eigenvalue weighted by Crippen LogP contribution is -2.31. The summed E-state index contributed by atoms with van der Waals surface area (Å²) >= 11 is 0. The molecule has 0 aliphatic carbocycles. The minimum Gasteiger partial charge on any atom is -0.393 e. The molecule has 3 atom stereocenters. The highest BCUT2D eigenvalue weighted by molar-refractivity contribution is 5.95. The van der Waals surface area contributed by atoms with E-state index in [0.717, 1.165) is 11.1 Å². The lowest BCUT2D eigenvalue weighted by molar-refractivity contribution is -0.0997. The van der Waals surface area contributed by atoms with Crippen LogP contribution in [-0.4, -0.2) is 23.1 Å². The lowest BCUT2D eigenvalue weighted by atomic mass is 9.93. The van der Waals surface area contributed by atoms with Gasteiger partial charge in [-0.25, -0.2) is 0 Å². The largest absolute Gasteiger partial charge is 0.393 e. The number of carbonyl (C=O) groups is 1. The molecule has 0 radical (unpaired) electrons. The van der Waals surface area contributed by atoms with Crippen LogP contribution in [0.2, 0.25) is 0 Å². The van der Waals surface area contributed by atoms with Crippen molar-refractivity contribution >= 4 is 5.78 Å². The average molecular weight is 310 g/mol. The standard InChI is InChI=1S/C20H22O3/c21-17-13-18(11-12-19(22)15-7-3-1-4-8-15)23-20(14-17)16-9-5-2-6-10-16/h1-10,17-18,20-21H,11-14H2/t17-,18-,20-/m0/s1. The molecule has 0 aromatic heterocycles. The van der Waals surface area contributed by atoms with Crippen LogP contribution in [0.1, 0.15) is 47.7 Å². The Hall–Kier alpha value is -1.97. The summed E-state index contributed by atoms with van der Waals surface area (Å²) in [6, 6.07) is 19.3. The Labute approximate surface area is 136 Å². The van der Waals surface area contributed by atoms with Gasteiger partial charge in [-0.1, -0.05) is 60.7 Å². The van der Waals surface area contributed by atoms with Crippen molar-refractivity contribution in [3.8, 4) is 0 Å². The fourth-order valence-corrected chi connectivity index (χ4v) is 3.12. The molecule has 1 N–H and O–H groups in total. The van der Waals surface area contributed by atoms with Crippen LogP contribution in [0.5, 0.6) is 0 Å². The van der Waals surface area contributed by atoms with Crippen molar-refractivity contribution in [2.75, 3.05) is 0 Å². The van der Waals surface area contributed by atoms with Crippen LogP contribution < -0.4 is 0 Å². The van der Waals surface area contributed by atoms with Gasteiger partial charge in [0.15, 0.2) is 5.78 Å². The Morgan fingerprint density at radius 3 is 2.35 bits per heavy atom. The summed E-state index contributed by atoms with van der Waals surface area (Å²) in [5.74, 6) is 0.130. The van der Waals surface area contributed by atoms with E-state index in [2.05, 4.69) is 0 Å². The monoisotopic (exact) mass is 310 g/mol. The molecule has 3 nitrogen and oxygen atoms in total. The number of Topliss-reactive ketones (excluding diaryl/α,β-unsaturated/α-hetero) is 1. The van der Waals surface area contributed by atoms with Crippen molar-refractivity contribution < 1.29 is 14.6 Å². The van der Waals surface area contributed by atoms with E-state index in [4.69, 9.17) is 4.74 Å². The highest BCUT2D eigenvalue weighted by atomic mass is 16.5. The van der Waals surface area contributed by atoms with Crippen molar-refractivity contribution in [3.63, 3.8) is 0 Å². The second-order valence-corrected chi connectivity index (χ2v) is 6.11. The molecule has 0 bridgehead atoms. The maximum absolute atomic E-state index is 12.2. The van der Waals surface area contributed by atoms with Crippen LogP contribution >= 0.6 is 0 Å². The van der Waals surface area contributed by atoms with Gasteiger partial charge in [0.2, 0.25) is 0 Å². The Kier molecular flexibility index (Phi) is 5.21. The van der Waals surface area contributed by atoms with E-state index in [0.29, 0.717) is 25.7 Å². The van der Waals surface area contributed by atoms with Crippen molar-refractivity contribution in [1.29, 1.82) is 0 Å². The Bertz CT molecular complexity index is 624. The summed E-state index contributed by atoms with van der Waals surface area (Å²) < 4.78 is 6.12. The molecule has 23 heavy (non-hydrogen) atoms. The van der Waals surface area contributed by atoms with Crippen LogP contribution in [0.4, 0.5) is 0 Å². The Morgan fingerprint density at radius 1 is 1.00 bits per heavy atom. The van der Waals surface area contributed by atoms with E-state index >= 15 is 0 Å².